The van der Waals surface area contributed by atoms with Crippen LogP contribution in [-0.2, 0) is 9.05 Å². The third-order valence-electron chi connectivity index (χ3n) is 13.7. The van der Waals surface area contributed by atoms with Crippen LogP contribution in [0, 0.1) is 24.3 Å². The number of aliphatic hydroxyl groups is 7. The molecule has 16 heteroatoms. The van der Waals surface area contributed by atoms with Gasteiger partial charge in [-0.15, -0.1) is 0 Å². The first-order valence-corrected chi connectivity index (χ1v) is 29.3. The molecule has 86 heavy (non-hydrogen) atoms. The predicted molar refractivity (Wildman–Crippen MR) is 351 cm³/mol. The first kappa shape index (κ1) is 72.3. The van der Waals surface area contributed by atoms with Crippen molar-refractivity contribution in [3.63, 3.8) is 0 Å². The summed E-state index contributed by atoms with van der Waals surface area (Å²) in [5, 5.41) is 54.1. The van der Waals surface area contributed by atoms with Gasteiger partial charge in [0.1, 0.15) is 6.61 Å². The molecule has 0 amide bonds. The minimum Gasteiger partial charge on any atom is -0.396 e. The maximum atomic E-state index is 13.1. The van der Waals surface area contributed by atoms with E-state index >= 15 is 0 Å². The SMILES string of the molecule is C.C[C@H](O)[C@@H](N)CO.C[C@H](O)[C@H](CO)CC(=O)c1ccc(-c2ccccc2)cc1.[2H]OC[C@H](CC(=O)c1ccc(-c2ccccc2)cc1)[C@H](C)O.[2H]OC[C@H](CC(=O)c1ccc(-c2ccccc2)cc1)[C@H](C)OP(OCC[N+]#[C-])N(C(C)C)C(C)C.[3H]C.[3H]C. The Hall–Kier alpha value is -6.19. The number of carbonyl (C=O) groups is 3. The number of Topliss-reactive ketones (excluding diaryl/α,β-unsaturated/α-hetero) is 3. The maximum Gasteiger partial charge on any atom is 0.259 e. The third-order valence-corrected chi connectivity index (χ3v) is 15.9. The summed E-state index contributed by atoms with van der Waals surface area (Å²) >= 11 is 0. The van der Waals surface area contributed by atoms with E-state index in [0.29, 0.717) is 16.7 Å². The van der Waals surface area contributed by atoms with E-state index in [1.54, 1.807) is 45.0 Å². The van der Waals surface area contributed by atoms with Crippen molar-refractivity contribution in [2.24, 2.45) is 23.5 Å². The molecule has 6 rings (SSSR count). The fourth-order valence-electron chi connectivity index (χ4n) is 8.29. The van der Waals surface area contributed by atoms with Gasteiger partial charge in [0.25, 0.3) is 8.53 Å². The van der Waals surface area contributed by atoms with Gasteiger partial charge >= 0.3 is 0 Å². The molecule has 0 aliphatic carbocycles. The van der Waals surface area contributed by atoms with Crippen LogP contribution in [0.1, 0.15) is 131 Å². The van der Waals surface area contributed by atoms with Crippen molar-refractivity contribution in [3.05, 3.63) is 192 Å². The van der Waals surface area contributed by atoms with Gasteiger partial charge in [-0.1, -0.05) is 186 Å². The summed E-state index contributed by atoms with van der Waals surface area (Å²) in [7, 11) is 1.06. The summed E-state index contributed by atoms with van der Waals surface area (Å²) in [5.74, 6) is -1.23. The van der Waals surface area contributed by atoms with Crippen molar-refractivity contribution < 1.29 is 61.9 Å². The fraction of sp³-hybridized carbons (Fsp3) is 0.429. The number of aliphatic hydroxyl groups excluding tert-OH is 7. The molecule has 0 saturated heterocycles. The van der Waals surface area contributed by atoms with E-state index in [9.17, 15) is 29.7 Å². The summed E-state index contributed by atoms with van der Waals surface area (Å²) < 4.78 is 40.1. The highest BCUT2D eigenvalue weighted by Gasteiger charge is 2.32. The van der Waals surface area contributed by atoms with E-state index in [0.717, 1.165) is 33.4 Å². The Labute approximate surface area is 521 Å². The number of benzene rings is 6. The molecule has 0 heterocycles. The average molecular weight is 1210 g/mol. The Morgan fingerprint density at radius 3 is 1.10 bits per heavy atom. The van der Waals surface area contributed by atoms with E-state index in [2.05, 4.69) is 42.3 Å². The van der Waals surface area contributed by atoms with E-state index in [-0.39, 0.29) is 114 Å². The van der Waals surface area contributed by atoms with Crippen LogP contribution < -0.4 is 5.73 Å². The highest BCUT2D eigenvalue weighted by molar-refractivity contribution is 7.44. The molecule has 15 nitrogen and oxygen atoms in total. The van der Waals surface area contributed by atoms with Crippen LogP contribution in [0.25, 0.3) is 38.2 Å². The summed E-state index contributed by atoms with van der Waals surface area (Å²) in [6.07, 6.45) is -1.85. The molecule has 1 unspecified atom stereocenters. The lowest BCUT2D eigenvalue weighted by atomic mass is 9.94. The second-order valence-electron chi connectivity index (χ2n) is 20.9. The van der Waals surface area contributed by atoms with Gasteiger partial charge in [0.2, 0.25) is 9.41 Å². The summed E-state index contributed by atoms with van der Waals surface area (Å²) in [4.78, 5) is 40.9. The molecule has 6 aromatic carbocycles. The number of carbonyl (C=O) groups excluding carboxylic acids is 3. The third kappa shape index (κ3) is 27.7. The molecule has 9 atom stereocenters. The molecular formula is C70H100N3O12P. The monoisotopic (exact) mass is 1210 g/mol. The Kier molecular flexibility index (Phi) is 36.5. The van der Waals surface area contributed by atoms with Crippen molar-refractivity contribution in [1.82, 2.24) is 4.67 Å². The van der Waals surface area contributed by atoms with Crippen molar-refractivity contribution in [3.8, 4) is 33.4 Å². The lowest BCUT2D eigenvalue weighted by Gasteiger charge is -2.37. The van der Waals surface area contributed by atoms with Gasteiger partial charge in [-0.05, 0) is 88.8 Å². The van der Waals surface area contributed by atoms with Crippen LogP contribution in [0.4, 0.5) is 0 Å². The Balaban J connectivity index is 0.00000125. The van der Waals surface area contributed by atoms with E-state index in [1.165, 1.54) is 14.8 Å². The Morgan fingerprint density at radius 2 is 0.837 bits per heavy atom. The van der Waals surface area contributed by atoms with Gasteiger partial charge in [0, 0.05) is 88.4 Å². The molecule has 6 aromatic rings. The number of nitrogens with two attached hydrogens (primary N) is 1. The second kappa shape index (κ2) is 43.4. The smallest absolute Gasteiger partial charge is 0.259 e. The number of hydrogen-bond acceptors (Lipinski definition) is 14. The van der Waals surface area contributed by atoms with Gasteiger partial charge in [0.05, 0.1) is 37.1 Å². The lowest BCUT2D eigenvalue weighted by Crippen LogP contribution is -2.36. The number of nitrogens with zero attached hydrogens (tertiary/aromatic N) is 2. The zero-order valence-electron chi connectivity index (χ0n) is 55.2. The molecule has 0 spiro atoms. The molecule has 0 saturated carbocycles. The molecular weight excluding hydrogens is 1110 g/mol. The highest BCUT2D eigenvalue weighted by atomic mass is 31.2. The quantitative estimate of drug-likeness (QED) is 0.00905. The van der Waals surface area contributed by atoms with Gasteiger partial charge in [-0.25, -0.2) is 11.2 Å². The number of hydrogen-bond donors (Lipinski definition) is 8. The van der Waals surface area contributed by atoms with E-state index in [4.69, 9.17) is 42.3 Å². The lowest BCUT2D eigenvalue weighted by molar-refractivity contribution is 0.0630. The molecule has 0 fully saturated rings. The van der Waals surface area contributed by atoms with E-state index in [1.807, 2.05) is 146 Å². The first-order valence-electron chi connectivity index (χ1n) is 31.0. The molecule has 0 radical (unpaired) electrons. The molecule has 0 aliphatic rings. The molecule has 0 bridgehead atoms. The first-order chi connectivity index (χ1) is 42.7. The van der Waals surface area contributed by atoms with Crippen molar-refractivity contribution in [2.45, 2.75) is 139 Å². The molecule has 9 N–H and O–H groups in total. The fourth-order valence-corrected chi connectivity index (χ4v) is 10.0. The topological polar surface area (TPSA) is 245 Å². The predicted octanol–water partition coefficient (Wildman–Crippen LogP) is 12.6. The minimum absolute atomic E-state index is 0. The number of rotatable bonds is 30. The van der Waals surface area contributed by atoms with Crippen LogP contribution in [-0.4, -0.2) is 143 Å². The largest absolute Gasteiger partial charge is 0.396 e. The molecule has 0 aromatic heterocycles. The summed E-state index contributed by atoms with van der Waals surface area (Å²) in [6, 6.07) is 52.2. The highest BCUT2D eigenvalue weighted by Crippen LogP contribution is 2.48. The zero-order chi connectivity index (χ0) is 66.8. The summed E-state index contributed by atoms with van der Waals surface area (Å²) in [5.41, 5.74) is 13.4. The van der Waals surface area contributed by atoms with Crippen LogP contribution >= 0.6 is 8.53 Å². The second-order valence-corrected chi connectivity index (χ2v) is 22.3. The van der Waals surface area contributed by atoms with Crippen LogP contribution in [0.3, 0.4) is 0 Å². The van der Waals surface area contributed by atoms with Crippen LogP contribution in [0.5, 0.6) is 0 Å². The van der Waals surface area contributed by atoms with Crippen molar-refractivity contribution in [2.75, 3.05) is 39.6 Å². The Bertz CT molecular complexity index is 2830. The molecule has 472 valence electrons. The maximum absolute atomic E-state index is 13.1. The molecule has 0 aliphatic heterocycles. The van der Waals surface area contributed by atoms with Gasteiger partial charge < -0.3 is 55.4 Å². The van der Waals surface area contributed by atoms with Crippen LogP contribution in [0.15, 0.2) is 164 Å². The standard InChI is InChI=1S/C27H37N2O4P.2C18H20O3.C4H11NO2.3CH4/c1-20(2)29(21(3)4)34(32-17-16-28-6)33-22(5)26(19-30)18-27(31)25-14-12-24(13-15-25)23-10-8-7-9-11-23;2*1-13(20)17(12-19)11-18(21)16-9-7-15(8-10-16)14-5-3-2-4-6-14;1-3(7)4(5)2-6;;;/h7-15,20-22,26,30H,16-19H2,1-5H3;2*2-10,13,17,19-20H,11-12H2,1H3;3-4,6-7H,2,5H2,1H3;3*1H4/t22-,26-,34?;2*13-,17-;3-,4-;;;/m0000.../s1/i30D;19D;;;2*1T;. The van der Waals surface area contributed by atoms with Crippen molar-refractivity contribution >= 4 is 25.9 Å². The van der Waals surface area contributed by atoms with Gasteiger partial charge in [0.15, 0.2) is 17.3 Å². The number of ketones is 3. The zero-order valence-corrected chi connectivity index (χ0v) is 52.1. The average Bonchev–Trinajstić information content (AvgIpc) is 3.47. The van der Waals surface area contributed by atoms with Crippen LogP contribution in [0.2, 0.25) is 0 Å². The minimum atomic E-state index is -1.44. The Morgan fingerprint density at radius 1 is 0.523 bits per heavy atom. The van der Waals surface area contributed by atoms with Gasteiger partial charge in [-0.2, -0.15) is 0 Å². The van der Waals surface area contributed by atoms with Crippen molar-refractivity contribution in [1.29, 1.82) is 2.86 Å². The van der Waals surface area contributed by atoms with E-state index < -0.39 is 38.8 Å². The normalized spacial score (nSPS) is 14.3. The van der Waals surface area contributed by atoms with Gasteiger partial charge in [-0.3, -0.25) is 14.4 Å². The summed E-state index contributed by atoms with van der Waals surface area (Å²) in [6.45, 7) is 22.3.